The van der Waals surface area contributed by atoms with Gasteiger partial charge in [0.15, 0.2) is 4.73 Å². The van der Waals surface area contributed by atoms with Crippen LogP contribution in [0.15, 0.2) is 10.8 Å². The van der Waals surface area contributed by atoms with Crippen LogP contribution in [0.4, 0.5) is 0 Å². The maximum absolute atomic E-state index is 7.31. The zero-order valence-corrected chi connectivity index (χ0v) is 6.49. The van der Waals surface area contributed by atoms with Crippen LogP contribution in [0.1, 0.15) is 11.2 Å². The van der Waals surface area contributed by atoms with Gasteiger partial charge in [-0.2, -0.15) is 0 Å². The molecule has 0 fully saturated rings. The zero-order valence-electron chi connectivity index (χ0n) is 8.15. The lowest BCUT2D eigenvalue weighted by Crippen LogP contribution is -1.85. The Labute approximate surface area is 72.0 Å². The molecule has 0 radical (unpaired) electrons. The lowest BCUT2D eigenvalue weighted by atomic mass is 10.5. The normalized spacial score (nSPS) is 17.6. The average Bonchev–Trinajstić information content (AvgIpc) is 1.94. The molecule has 1 rings (SSSR count). The minimum atomic E-state index is -2.44. The van der Waals surface area contributed by atoms with Crippen molar-refractivity contribution in [1.82, 2.24) is 9.97 Å². The third kappa shape index (κ3) is 1.91. The SMILES string of the molecule is [2H]c1c(Cl)nc(Br)nc1C([2H])([2H])[2H]. The molecule has 48 valence electrons. The third-order valence-corrected chi connectivity index (χ3v) is 1.15. The molecule has 0 aliphatic carbocycles. The molecule has 0 amide bonds. The second kappa shape index (κ2) is 2.62. The van der Waals surface area contributed by atoms with Gasteiger partial charge >= 0.3 is 0 Å². The second-order valence-corrected chi connectivity index (χ2v) is 2.32. The number of aryl methyl sites for hydroxylation is 1. The summed E-state index contributed by atoms with van der Waals surface area (Å²) in [7, 11) is 0. The minimum absolute atomic E-state index is 0.0691. The molecule has 0 spiro atoms. The summed E-state index contributed by atoms with van der Waals surface area (Å²) in [6.45, 7) is -2.44. The molecule has 1 aromatic heterocycles. The van der Waals surface area contributed by atoms with Gasteiger partial charge in [-0.3, -0.25) is 0 Å². The van der Waals surface area contributed by atoms with Gasteiger partial charge in [-0.25, -0.2) is 9.97 Å². The molecule has 4 heteroatoms. The van der Waals surface area contributed by atoms with Crippen molar-refractivity contribution in [1.29, 1.82) is 0 Å². The molecule has 0 N–H and O–H groups in total. The summed E-state index contributed by atoms with van der Waals surface area (Å²) in [5.74, 6) is 0. The number of hydrogen-bond acceptors (Lipinski definition) is 2. The van der Waals surface area contributed by atoms with Crippen molar-refractivity contribution >= 4 is 27.5 Å². The van der Waals surface area contributed by atoms with E-state index in [1.54, 1.807) is 0 Å². The standard InChI is InChI=1S/C5H4BrClN2/c1-3-2-4(7)9-5(6)8-3/h2H,1H3/i1D3,2D. The Morgan fingerprint density at radius 3 is 3.33 bits per heavy atom. The van der Waals surface area contributed by atoms with Gasteiger partial charge < -0.3 is 0 Å². The van der Waals surface area contributed by atoms with E-state index in [0.29, 0.717) is 0 Å². The van der Waals surface area contributed by atoms with Gasteiger partial charge in [-0.1, -0.05) is 11.6 Å². The van der Waals surface area contributed by atoms with Crippen LogP contribution in [-0.4, -0.2) is 9.97 Å². The van der Waals surface area contributed by atoms with Crippen LogP contribution < -0.4 is 0 Å². The average molecular weight is 211 g/mol. The van der Waals surface area contributed by atoms with Gasteiger partial charge in [-0.05, 0) is 28.8 Å². The molecule has 0 aliphatic heterocycles. The Bertz CT molecular complexity index is 340. The maximum atomic E-state index is 7.31. The van der Waals surface area contributed by atoms with Crippen LogP contribution >= 0.6 is 27.5 Å². The number of hydrogen-bond donors (Lipinski definition) is 0. The summed E-state index contributed by atoms with van der Waals surface area (Å²) in [6, 6.07) is -0.357. The lowest BCUT2D eigenvalue weighted by molar-refractivity contribution is 1.06. The minimum Gasteiger partial charge on any atom is -0.227 e. The molecule has 1 heterocycles. The molecule has 1 aromatic rings. The molecule has 0 aromatic carbocycles. The molecule has 2 nitrogen and oxygen atoms in total. The lowest BCUT2D eigenvalue weighted by Gasteiger charge is -1.92. The monoisotopic (exact) mass is 210 g/mol. The van der Waals surface area contributed by atoms with E-state index in [4.69, 9.17) is 17.1 Å². The first kappa shape index (κ1) is 3.30. The first-order valence-corrected chi connectivity index (χ1v) is 3.19. The number of rotatable bonds is 0. The van der Waals surface area contributed by atoms with E-state index in [0.717, 1.165) is 0 Å². The van der Waals surface area contributed by atoms with Crippen molar-refractivity contribution in [3.8, 4) is 0 Å². The number of nitrogens with zero attached hydrogens (tertiary/aromatic N) is 2. The first-order valence-electron chi connectivity index (χ1n) is 4.02. The topological polar surface area (TPSA) is 25.8 Å². The highest BCUT2D eigenvalue weighted by atomic mass is 79.9. The van der Waals surface area contributed by atoms with Crippen molar-refractivity contribution < 1.29 is 5.48 Å². The Balaban J connectivity index is 3.37. The van der Waals surface area contributed by atoms with Gasteiger partial charge in [0.2, 0.25) is 0 Å². The second-order valence-electron chi connectivity index (χ2n) is 1.26. The van der Waals surface area contributed by atoms with Crippen LogP contribution in [-0.2, 0) is 0 Å². The van der Waals surface area contributed by atoms with E-state index >= 15 is 0 Å². The summed E-state index contributed by atoms with van der Waals surface area (Å²) in [5.41, 5.74) is -0.348. The highest BCUT2D eigenvalue weighted by Crippen LogP contribution is 2.09. The predicted octanol–water partition coefficient (Wildman–Crippen LogP) is 2.20. The Morgan fingerprint density at radius 2 is 2.67 bits per heavy atom. The molecule has 0 atom stereocenters. The highest BCUT2D eigenvalue weighted by Gasteiger charge is 1.93. The van der Waals surface area contributed by atoms with Gasteiger partial charge in [0.05, 0.1) is 1.37 Å². The maximum Gasteiger partial charge on any atom is 0.198 e. The van der Waals surface area contributed by atoms with E-state index in [-0.39, 0.29) is 21.6 Å². The summed E-state index contributed by atoms with van der Waals surface area (Å²) in [6.07, 6.45) is 0. The fourth-order valence-electron chi connectivity index (χ4n) is 0.352. The Kier molecular flexibility index (Phi) is 0.963. The summed E-state index contributed by atoms with van der Waals surface area (Å²) in [5, 5.41) is -0.173. The van der Waals surface area contributed by atoms with Crippen LogP contribution in [0.2, 0.25) is 5.15 Å². The first-order chi connectivity index (χ1) is 5.82. The van der Waals surface area contributed by atoms with Crippen molar-refractivity contribution in [2.45, 2.75) is 6.85 Å². The van der Waals surface area contributed by atoms with E-state index in [2.05, 4.69) is 25.9 Å². The van der Waals surface area contributed by atoms with Gasteiger partial charge in [0.1, 0.15) is 5.15 Å². The molecule has 0 saturated carbocycles. The van der Waals surface area contributed by atoms with E-state index in [1.807, 2.05) is 0 Å². The van der Waals surface area contributed by atoms with Crippen LogP contribution in [0, 0.1) is 6.85 Å². The van der Waals surface area contributed by atoms with Gasteiger partial charge in [0, 0.05) is 9.81 Å². The quantitative estimate of drug-likeness (QED) is 0.486. The van der Waals surface area contributed by atoms with Crippen LogP contribution in [0.3, 0.4) is 0 Å². The van der Waals surface area contributed by atoms with Gasteiger partial charge in [-0.15, -0.1) is 0 Å². The molecule has 9 heavy (non-hydrogen) atoms. The number of aromatic nitrogens is 2. The molecular formula is C5H4BrClN2. The van der Waals surface area contributed by atoms with Crippen molar-refractivity contribution in [2.24, 2.45) is 0 Å². The summed E-state index contributed by atoms with van der Waals surface area (Å²) in [4.78, 5) is 7.16. The van der Waals surface area contributed by atoms with Crippen molar-refractivity contribution in [2.75, 3.05) is 0 Å². The fourth-order valence-corrected chi connectivity index (χ4v) is 0.978. The van der Waals surface area contributed by atoms with Crippen LogP contribution in [0.25, 0.3) is 0 Å². The zero-order chi connectivity index (χ0) is 10.2. The molecular weight excluding hydrogens is 203 g/mol. The fraction of sp³-hybridized carbons (Fsp3) is 0.200. The number of halogens is 2. The van der Waals surface area contributed by atoms with E-state index in [1.165, 1.54) is 0 Å². The largest absolute Gasteiger partial charge is 0.227 e. The molecule has 0 saturated heterocycles. The summed E-state index contributed by atoms with van der Waals surface area (Å²) >= 11 is 8.41. The van der Waals surface area contributed by atoms with E-state index < -0.39 is 6.85 Å². The molecule has 0 unspecified atom stereocenters. The molecule has 0 bridgehead atoms. The van der Waals surface area contributed by atoms with Gasteiger partial charge in [0.25, 0.3) is 0 Å². The Morgan fingerprint density at radius 1 is 1.89 bits per heavy atom. The smallest absolute Gasteiger partial charge is 0.198 e. The third-order valence-electron chi connectivity index (χ3n) is 0.616. The summed E-state index contributed by atoms with van der Waals surface area (Å²) < 4.78 is 28.5. The predicted molar refractivity (Wildman–Crippen MR) is 39.5 cm³/mol. The van der Waals surface area contributed by atoms with Crippen LogP contribution in [0.5, 0.6) is 0 Å². The Hall–Kier alpha value is -0.150. The molecule has 0 aliphatic rings. The van der Waals surface area contributed by atoms with Crippen molar-refractivity contribution in [3.05, 3.63) is 21.6 Å². The van der Waals surface area contributed by atoms with Crippen molar-refractivity contribution in [3.63, 3.8) is 0 Å². The van der Waals surface area contributed by atoms with E-state index in [9.17, 15) is 0 Å². The highest BCUT2D eigenvalue weighted by molar-refractivity contribution is 9.10.